The summed E-state index contributed by atoms with van der Waals surface area (Å²) >= 11 is 0. The Hall–Kier alpha value is -2.56. The van der Waals surface area contributed by atoms with Crippen molar-refractivity contribution in [1.82, 2.24) is 15.2 Å². The Bertz CT molecular complexity index is 712. The summed E-state index contributed by atoms with van der Waals surface area (Å²) in [7, 11) is 0. The molecule has 5 heteroatoms. The zero-order valence-corrected chi connectivity index (χ0v) is 10.8. The minimum absolute atomic E-state index is 0.459. The van der Waals surface area contributed by atoms with Crippen molar-refractivity contribution in [3.63, 3.8) is 0 Å². The van der Waals surface area contributed by atoms with Crippen molar-refractivity contribution < 1.29 is 4.42 Å². The number of nitrogen functional groups attached to an aromatic ring is 1. The Kier molecular flexibility index (Phi) is 2.59. The fraction of sp³-hybridized carbons (Fsp3) is 0.143. The second kappa shape index (κ2) is 4.28. The third-order valence-corrected chi connectivity index (χ3v) is 3.05. The molecule has 0 aliphatic heterocycles. The van der Waals surface area contributed by atoms with Crippen LogP contribution in [0.5, 0.6) is 0 Å². The molecule has 0 saturated heterocycles. The number of rotatable bonds is 2. The van der Waals surface area contributed by atoms with Crippen LogP contribution in [0.3, 0.4) is 0 Å². The molecule has 0 bridgehead atoms. The molecule has 96 valence electrons. The van der Waals surface area contributed by atoms with Gasteiger partial charge in [-0.25, -0.2) is 0 Å². The van der Waals surface area contributed by atoms with Gasteiger partial charge in [-0.2, -0.15) is 5.10 Å². The minimum atomic E-state index is 0.459. The predicted molar refractivity (Wildman–Crippen MR) is 73.4 cm³/mol. The summed E-state index contributed by atoms with van der Waals surface area (Å²) in [5.41, 5.74) is 9.59. The maximum atomic E-state index is 5.97. The fourth-order valence-corrected chi connectivity index (χ4v) is 2.23. The third-order valence-electron chi connectivity index (χ3n) is 3.05. The molecule has 3 N–H and O–H groups in total. The number of hydrogen-bond acceptors (Lipinski definition) is 4. The van der Waals surface area contributed by atoms with E-state index < -0.39 is 0 Å². The smallest absolute Gasteiger partial charge is 0.153 e. The van der Waals surface area contributed by atoms with Gasteiger partial charge in [0.1, 0.15) is 11.5 Å². The lowest BCUT2D eigenvalue weighted by Gasteiger charge is -2.02. The van der Waals surface area contributed by atoms with E-state index in [2.05, 4.69) is 15.2 Å². The first-order valence-corrected chi connectivity index (χ1v) is 5.98. The summed E-state index contributed by atoms with van der Waals surface area (Å²) in [6.45, 7) is 3.84. The van der Waals surface area contributed by atoms with Gasteiger partial charge < -0.3 is 10.2 Å². The van der Waals surface area contributed by atoms with Crippen LogP contribution in [0.25, 0.3) is 22.4 Å². The highest BCUT2D eigenvalue weighted by Crippen LogP contribution is 2.36. The minimum Gasteiger partial charge on any atom is -0.466 e. The predicted octanol–water partition coefficient (Wildman–Crippen LogP) is 2.93. The molecular formula is C14H14N4O. The summed E-state index contributed by atoms with van der Waals surface area (Å²) in [5.74, 6) is 2.16. The average molecular weight is 254 g/mol. The quantitative estimate of drug-likeness (QED) is 0.736. The summed E-state index contributed by atoms with van der Waals surface area (Å²) in [6.07, 6.45) is 3.50. The zero-order chi connectivity index (χ0) is 13.4. The van der Waals surface area contributed by atoms with E-state index >= 15 is 0 Å². The number of H-pyrrole nitrogens is 1. The molecule has 0 radical (unpaired) electrons. The molecule has 5 nitrogen and oxygen atoms in total. The standard InChI is InChI=1S/C14H14N4O/c1-8-6-11(9(2)19-8)13-12(14(15)18-17-13)10-4-3-5-16-7-10/h3-7H,1-2H3,(H3,15,17,18). The molecule has 0 saturated carbocycles. The maximum Gasteiger partial charge on any atom is 0.153 e. The molecule has 3 rings (SSSR count). The molecule has 0 fully saturated rings. The Balaban J connectivity index is 2.22. The van der Waals surface area contributed by atoms with Gasteiger partial charge in [0, 0.05) is 23.5 Å². The molecule has 0 spiro atoms. The molecule has 3 aromatic rings. The summed E-state index contributed by atoms with van der Waals surface area (Å²) in [5, 5.41) is 7.08. The molecule has 0 aliphatic rings. The third kappa shape index (κ3) is 1.89. The molecule has 0 atom stereocenters. The van der Waals surface area contributed by atoms with Gasteiger partial charge in [0.2, 0.25) is 0 Å². The van der Waals surface area contributed by atoms with Gasteiger partial charge in [0.05, 0.1) is 11.3 Å². The van der Waals surface area contributed by atoms with Crippen LogP contribution in [0, 0.1) is 13.8 Å². The Morgan fingerprint density at radius 3 is 2.79 bits per heavy atom. The van der Waals surface area contributed by atoms with Gasteiger partial charge in [-0.1, -0.05) is 6.07 Å². The lowest BCUT2D eigenvalue weighted by atomic mass is 10.0. The van der Waals surface area contributed by atoms with Crippen LogP contribution in [0.4, 0.5) is 5.82 Å². The Morgan fingerprint density at radius 1 is 1.32 bits per heavy atom. The number of hydrogen-bond donors (Lipinski definition) is 2. The number of furan rings is 1. The number of aromatic nitrogens is 3. The van der Waals surface area contributed by atoms with Crippen molar-refractivity contribution in [3.05, 3.63) is 42.1 Å². The lowest BCUT2D eigenvalue weighted by molar-refractivity contribution is 0.505. The van der Waals surface area contributed by atoms with Gasteiger partial charge in [0.15, 0.2) is 5.82 Å². The van der Waals surface area contributed by atoms with Crippen molar-refractivity contribution in [2.24, 2.45) is 0 Å². The van der Waals surface area contributed by atoms with Crippen molar-refractivity contribution in [2.45, 2.75) is 13.8 Å². The number of aryl methyl sites for hydroxylation is 2. The number of pyridine rings is 1. The van der Waals surface area contributed by atoms with E-state index in [1.807, 2.05) is 32.0 Å². The van der Waals surface area contributed by atoms with Gasteiger partial charge in [-0.3, -0.25) is 10.1 Å². The number of nitrogens with zero attached hydrogens (tertiary/aromatic N) is 2. The van der Waals surface area contributed by atoms with Gasteiger partial charge in [-0.05, 0) is 26.0 Å². The van der Waals surface area contributed by atoms with Crippen LogP contribution in [-0.2, 0) is 0 Å². The summed E-state index contributed by atoms with van der Waals surface area (Å²) in [6, 6.07) is 5.81. The second-order valence-electron chi connectivity index (χ2n) is 4.43. The van der Waals surface area contributed by atoms with Crippen LogP contribution in [-0.4, -0.2) is 15.2 Å². The molecule has 0 unspecified atom stereocenters. The average Bonchev–Trinajstić information content (AvgIpc) is 2.93. The number of nitrogens with one attached hydrogen (secondary N) is 1. The Morgan fingerprint density at radius 2 is 2.16 bits per heavy atom. The van der Waals surface area contributed by atoms with E-state index in [4.69, 9.17) is 10.2 Å². The van der Waals surface area contributed by atoms with Crippen LogP contribution >= 0.6 is 0 Å². The second-order valence-corrected chi connectivity index (χ2v) is 4.43. The van der Waals surface area contributed by atoms with Crippen LogP contribution < -0.4 is 5.73 Å². The van der Waals surface area contributed by atoms with Crippen molar-refractivity contribution in [1.29, 1.82) is 0 Å². The molecule has 0 amide bonds. The van der Waals surface area contributed by atoms with E-state index in [0.29, 0.717) is 5.82 Å². The van der Waals surface area contributed by atoms with Crippen molar-refractivity contribution in [2.75, 3.05) is 5.73 Å². The largest absolute Gasteiger partial charge is 0.466 e. The molecule has 0 aliphatic carbocycles. The number of anilines is 1. The van der Waals surface area contributed by atoms with E-state index in [1.54, 1.807) is 12.4 Å². The van der Waals surface area contributed by atoms with Crippen LogP contribution in [0.15, 0.2) is 35.0 Å². The normalized spacial score (nSPS) is 10.8. The first-order chi connectivity index (χ1) is 9.16. The van der Waals surface area contributed by atoms with E-state index in [-0.39, 0.29) is 0 Å². The van der Waals surface area contributed by atoms with Gasteiger partial charge in [0.25, 0.3) is 0 Å². The zero-order valence-electron chi connectivity index (χ0n) is 10.8. The summed E-state index contributed by atoms with van der Waals surface area (Å²) in [4.78, 5) is 4.12. The molecule has 3 heterocycles. The highest BCUT2D eigenvalue weighted by Gasteiger charge is 2.18. The highest BCUT2D eigenvalue weighted by atomic mass is 16.3. The Labute approximate surface area is 110 Å². The van der Waals surface area contributed by atoms with Crippen molar-refractivity contribution >= 4 is 5.82 Å². The topological polar surface area (TPSA) is 80.7 Å². The van der Waals surface area contributed by atoms with E-state index in [1.165, 1.54) is 0 Å². The first-order valence-electron chi connectivity index (χ1n) is 5.98. The van der Waals surface area contributed by atoms with Crippen LogP contribution in [0.1, 0.15) is 11.5 Å². The molecular weight excluding hydrogens is 240 g/mol. The first kappa shape index (κ1) is 11.5. The molecule has 3 aromatic heterocycles. The number of nitrogens with two attached hydrogens (primary N) is 1. The van der Waals surface area contributed by atoms with Crippen LogP contribution in [0.2, 0.25) is 0 Å². The van der Waals surface area contributed by atoms with Crippen molar-refractivity contribution in [3.8, 4) is 22.4 Å². The van der Waals surface area contributed by atoms with E-state index in [0.717, 1.165) is 33.9 Å². The molecule has 19 heavy (non-hydrogen) atoms. The van der Waals surface area contributed by atoms with E-state index in [9.17, 15) is 0 Å². The van der Waals surface area contributed by atoms with Gasteiger partial charge in [-0.15, -0.1) is 0 Å². The fourth-order valence-electron chi connectivity index (χ4n) is 2.23. The molecule has 0 aromatic carbocycles. The SMILES string of the molecule is Cc1cc(-c2[nH]nc(N)c2-c2cccnc2)c(C)o1. The monoisotopic (exact) mass is 254 g/mol. The highest BCUT2D eigenvalue weighted by molar-refractivity contribution is 5.88. The number of aromatic amines is 1. The maximum absolute atomic E-state index is 5.97. The summed E-state index contributed by atoms with van der Waals surface area (Å²) < 4.78 is 5.56. The lowest BCUT2D eigenvalue weighted by Crippen LogP contribution is -1.89. The van der Waals surface area contributed by atoms with Gasteiger partial charge >= 0.3 is 0 Å².